The molecule has 0 spiro atoms. The molecule has 0 aliphatic rings. The van der Waals surface area contributed by atoms with Crippen molar-refractivity contribution >= 4 is 22.8 Å². The molecule has 2 aromatic rings. The lowest BCUT2D eigenvalue weighted by atomic mass is 10.1. The van der Waals surface area contributed by atoms with Gasteiger partial charge in [0, 0.05) is 17.5 Å². The SMILES string of the molecule is CCOC(=O)c1cc2c(C(N)=O)cc(F)cc2o1. The molecule has 0 radical (unpaired) electrons. The van der Waals surface area contributed by atoms with Crippen molar-refractivity contribution in [2.75, 3.05) is 6.61 Å². The summed E-state index contributed by atoms with van der Waals surface area (Å²) in [6, 6.07) is 3.38. The fourth-order valence-electron chi connectivity index (χ4n) is 1.61. The molecular weight excluding hydrogens is 241 g/mol. The Morgan fingerprint density at radius 3 is 2.72 bits per heavy atom. The quantitative estimate of drug-likeness (QED) is 0.844. The van der Waals surface area contributed by atoms with Gasteiger partial charge in [0.25, 0.3) is 0 Å². The molecule has 0 aliphatic heterocycles. The molecule has 94 valence electrons. The molecule has 0 saturated heterocycles. The molecular formula is C12H10FNO4. The molecule has 0 atom stereocenters. The minimum Gasteiger partial charge on any atom is -0.460 e. The third kappa shape index (κ3) is 2.04. The number of hydrogen-bond acceptors (Lipinski definition) is 4. The number of ether oxygens (including phenoxy) is 1. The van der Waals surface area contributed by atoms with E-state index in [2.05, 4.69) is 0 Å². The summed E-state index contributed by atoms with van der Waals surface area (Å²) in [4.78, 5) is 22.6. The number of rotatable bonds is 3. The van der Waals surface area contributed by atoms with Crippen molar-refractivity contribution in [3.05, 3.63) is 35.3 Å². The number of hydrogen-bond donors (Lipinski definition) is 1. The third-order valence-corrected chi connectivity index (χ3v) is 2.34. The fraction of sp³-hybridized carbons (Fsp3) is 0.167. The van der Waals surface area contributed by atoms with Crippen LogP contribution in [-0.4, -0.2) is 18.5 Å². The predicted molar refractivity (Wildman–Crippen MR) is 60.6 cm³/mol. The van der Waals surface area contributed by atoms with Crippen molar-refractivity contribution in [1.29, 1.82) is 0 Å². The highest BCUT2D eigenvalue weighted by atomic mass is 19.1. The van der Waals surface area contributed by atoms with Crippen LogP contribution in [-0.2, 0) is 4.74 Å². The van der Waals surface area contributed by atoms with E-state index in [1.165, 1.54) is 6.07 Å². The van der Waals surface area contributed by atoms with Crippen LogP contribution in [0.3, 0.4) is 0 Å². The Kier molecular flexibility index (Phi) is 3.01. The van der Waals surface area contributed by atoms with E-state index in [0.29, 0.717) is 0 Å². The van der Waals surface area contributed by atoms with Crippen molar-refractivity contribution in [1.82, 2.24) is 0 Å². The van der Waals surface area contributed by atoms with Gasteiger partial charge < -0.3 is 14.9 Å². The van der Waals surface area contributed by atoms with Crippen LogP contribution in [0.5, 0.6) is 0 Å². The number of benzene rings is 1. The van der Waals surface area contributed by atoms with Crippen LogP contribution < -0.4 is 5.73 Å². The lowest BCUT2D eigenvalue weighted by Gasteiger charge is -1.96. The first-order valence-corrected chi connectivity index (χ1v) is 5.23. The standard InChI is InChI=1S/C12H10FNO4/c1-2-17-12(16)10-5-7-8(11(14)15)3-6(13)4-9(7)18-10/h3-5H,2H2,1H3,(H2,14,15). The average Bonchev–Trinajstić information content (AvgIpc) is 2.71. The predicted octanol–water partition coefficient (Wildman–Crippen LogP) is 1.85. The number of furan rings is 1. The van der Waals surface area contributed by atoms with E-state index < -0.39 is 17.7 Å². The van der Waals surface area contributed by atoms with Gasteiger partial charge in [0.1, 0.15) is 11.4 Å². The summed E-state index contributed by atoms with van der Waals surface area (Å²) in [5.74, 6) is -2.23. The Morgan fingerprint density at radius 1 is 1.39 bits per heavy atom. The van der Waals surface area contributed by atoms with Gasteiger partial charge >= 0.3 is 5.97 Å². The lowest BCUT2D eigenvalue weighted by molar-refractivity contribution is 0.0492. The maximum Gasteiger partial charge on any atom is 0.374 e. The first kappa shape index (κ1) is 12.1. The molecule has 1 aromatic carbocycles. The second kappa shape index (κ2) is 4.48. The van der Waals surface area contributed by atoms with E-state index in [4.69, 9.17) is 14.9 Å². The van der Waals surface area contributed by atoms with Gasteiger partial charge in [0.05, 0.1) is 12.2 Å². The molecule has 2 rings (SSSR count). The van der Waals surface area contributed by atoms with Gasteiger partial charge in [0.2, 0.25) is 11.7 Å². The molecule has 5 nitrogen and oxygen atoms in total. The van der Waals surface area contributed by atoms with Crippen LogP contribution in [0, 0.1) is 5.82 Å². The zero-order valence-electron chi connectivity index (χ0n) is 9.53. The molecule has 0 unspecified atom stereocenters. The summed E-state index contributed by atoms with van der Waals surface area (Å²) < 4.78 is 23.1. The van der Waals surface area contributed by atoms with Crippen molar-refractivity contribution in [2.24, 2.45) is 5.73 Å². The van der Waals surface area contributed by atoms with Crippen molar-refractivity contribution in [2.45, 2.75) is 6.92 Å². The Bertz CT molecular complexity index is 632. The highest BCUT2D eigenvalue weighted by molar-refractivity contribution is 6.06. The van der Waals surface area contributed by atoms with Gasteiger partial charge in [-0.15, -0.1) is 0 Å². The van der Waals surface area contributed by atoms with E-state index >= 15 is 0 Å². The maximum absolute atomic E-state index is 13.2. The van der Waals surface area contributed by atoms with Gasteiger partial charge in [-0.25, -0.2) is 9.18 Å². The molecule has 0 saturated carbocycles. The smallest absolute Gasteiger partial charge is 0.374 e. The molecule has 1 heterocycles. The number of esters is 1. The normalized spacial score (nSPS) is 10.6. The number of amides is 1. The van der Waals surface area contributed by atoms with Crippen LogP contribution in [0.4, 0.5) is 4.39 Å². The fourth-order valence-corrected chi connectivity index (χ4v) is 1.61. The molecule has 2 N–H and O–H groups in total. The van der Waals surface area contributed by atoms with Gasteiger partial charge in [-0.05, 0) is 13.0 Å². The maximum atomic E-state index is 13.2. The van der Waals surface area contributed by atoms with Crippen molar-refractivity contribution in [3.63, 3.8) is 0 Å². The topological polar surface area (TPSA) is 82.5 Å². The second-order valence-corrected chi connectivity index (χ2v) is 3.56. The van der Waals surface area contributed by atoms with E-state index in [1.807, 2.05) is 0 Å². The van der Waals surface area contributed by atoms with Crippen LogP contribution >= 0.6 is 0 Å². The van der Waals surface area contributed by atoms with Gasteiger partial charge in [-0.3, -0.25) is 4.79 Å². The molecule has 0 aliphatic carbocycles. The van der Waals surface area contributed by atoms with Crippen LogP contribution in [0.15, 0.2) is 22.6 Å². The highest BCUT2D eigenvalue weighted by Gasteiger charge is 2.18. The molecule has 0 bridgehead atoms. The summed E-state index contributed by atoms with van der Waals surface area (Å²) in [6.07, 6.45) is 0. The number of carbonyl (C=O) groups excluding carboxylic acids is 2. The van der Waals surface area contributed by atoms with E-state index in [-0.39, 0.29) is 28.9 Å². The largest absolute Gasteiger partial charge is 0.460 e. The summed E-state index contributed by atoms with van der Waals surface area (Å²) in [5.41, 5.74) is 5.17. The van der Waals surface area contributed by atoms with Gasteiger partial charge in [0.15, 0.2) is 0 Å². The number of nitrogens with two attached hydrogens (primary N) is 1. The van der Waals surface area contributed by atoms with E-state index in [1.54, 1.807) is 6.92 Å². The van der Waals surface area contributed by atoms with Gasteiger partial charge in [-0.2, -0.15) is 0 Å². The van der Waals surface area contributed by atoms with Crippen LogP contribution in [0.1, 0.15) is 27.8 Å². The Balaban J connectivity index is 2.60. The van der Waals surface area contributed by atoms with E-state index in [0.717, 1.165) is 12.1 Å². The lowest BCUT2D eigenvalue weighted by Crippen LogP contribution is -2.11. The minimum absolute atomic E-state index is 0.0377. The molecule has 18 heavy (non-hydrogen) atoms. The monoisotopic (exact) mass is 251 g/mol. The zero-order valence-corrected chi connectivity index (χ0v) is 9.53. The molecule has 6 heteroatoms. The Hall–Kier alpha value is -2.37. The first-order valence-electron chi connectivity index (χ1n) is 5.23. The third-order valence-electron chi connectivity index (χ3n) is 2.34. The van der Waals surface area contributed by atoms with Crippen molar-refractivity contribution < 1.29 is 23.1 Å². The zero-order chi connectivity index (χ0) is 13.3. The molecule has 1 amide bonds. The molecule has 0 fully saturated rings. The highest BCUT2D eigenvalue weighted by Crippen LogP contribution is 2.25. The van der Waals surface area contributed by atoms with Crippen LogP contribution in [0.25, 0.3) is 11.0 Å². The number of fused-ring (bicyclic) bond motifs is 1. The average molecular weight is 251 g/mol. The number of primary amides is 1. The number of halogens is 1. The Labute approximate surface area is 101 Å². The summed E-state index contributed by atoms with van der Waals surface area (Å²) >= 11 is 0. The first-order chi connectivity index (χ1) is 8.52. The molecule has 1 aromatic heterocycles. The summed E-state index contributed by atoms with van der Waals surface area (Å²) in [5, 5.41) is 0.284. The Morgan fingerprint density at radius 2 is 2.11 bits per heavy atom. The summed E-state index contributed by atoms with van der Waals surface area (Å²) in [6.45, 7) is 1.84. The second-order valence-electron chi connectivity index (χ2n) is 3.56. The summed E-state index contributed by atoms with van der Waals surface area (Å²) in [7, 11) is 0. The minimum atomic E-state index is -0.796. The van der Waals surface area contributed by atoms with Crippen molar-refractivity contribution in [3.8, 4) is 0 Å². The van der Waals surface area contributed by atoms with Gasteiger partial charge in [-0.1, -0.05) is 0 Å². The number of carbonyl (C=O) groups is 2. The van der Waals surface area contributed by atoms with E-state index in [9.17, 15) is 14.0 Å². The van der Waals surface area contributed by atoms with Crippen LogP contribution in [0.2, 0.25) is 0 Å².